The van der Waals surface area contributed by atoms with Crippen LogP contribution in [0.25, 0.3) is 0 Å². The molecule has 5 fully saturated rings. The van der Waals surface area contributed by atoms with Gasteiger partial charge in [-0.3, -0.25) is 4.79 Å². The van der Waals surface area contributed by atoms with Crippen LogP contribution >= 0.6 is 0 Å². The predicted molar refractivity (Wildman–Crippen MR) is 210 cm³/mol. The van der Waals surface area contributed by atoms with E-state index < -0.39 is 34.8 Å². The number of aliphatic hydroxyl groups excluding tert-OH is 1. The van der Waals surface area contributed by atoms with Gasteiger partial charge in [0.05, 0.1) is 80.2 Å². The number of esters is 1. The highest BCUT2D eigenvalue weighted by atomic mass is 16.7. The molecular formula is C45H72O11. The molecule has 0 aromatic heterocycles. The van der Waals surface area contributed by atoms with Crippen molar-refractivity contribution >= 4 is 5.97 Å². The van der Waals surface area contributed by atoms with Crippen LogP contribution in [0.2, 0.25) is 0 Å². The standard InChI is InChI=1S/C45H72O11/c1-12-43(40-28(3)23-34(52-40)37-27(2)22-29(4)45(26-46,50-11)55-37)19-18-36(53-43)42(8)20-21-44(56-42)24-35(51-25-33-16-14-13-15-17-33)30(5)39(54-44)31(6)38(48-9)32(7)41(47)49-10/h13-17,27-32,34-40,46H,12,18-26H2,1-11H3/t27-,28-,29+,30+,31-,32-,34+,35-,36+,37-,38+,39-,40+,42-,43-,44+,45-/m0/s1. The Morgan fingerprint density at radius 1 is 0.964 bits per heavy atom. The molecule has 0 amide bonds. The van der Waals surface area contributed by atoms with Gasteiger partial charge in [0.2, 0.25) is 0 Å². The van der Waals surface area contributed by atoms with Crippen LogP contribution in [0.15, 0.2) is 30.3 Å². The Morgan fingerprint density at radius 3 is 2.34 bits per heavy atom. The minimum atomic E-state index is -1.02. The Labute approximate surface area is 336 Å². The lowest BCUT2D eigenvalue weighted by Gasteiger charge is -2.50. The Bertz CT molecular complexity index is 1440. The summed E-state index contributed by atoms with van der Waals surface area (Å²) in [5.41, 5.74) is 0.0621. The predicted octanol–water partition coefficient (Wildman–Crippen LogP) is 7.24. The van der Waals surface area contributed by atoms with Crippen LogP contribution in [0.1, 0.15) is 112 Å². The second-order valence-electron chi connectivity index (χ2n) is 18.4. The second kappa shape index (κ2) is 17.5. The van der Waals surface area contributed by atoms with Crippen molar-refractivity contribution in [3.8, 4) is 0 Å². The summed E-state index contributed by atoms with van der Waals surface area (Å²) in [6, 6.07) is 10.2. The fourth-order valence-electron chi connectivity index (χ4n) is 11.4. The van der Waals surface area contributed by atoms with E-state index in [0.717, 1.165) is 44.1 Å². The van der Waals surface area contributed by atoms with Crippen LogP contribution in [-0.4, -0.2) is 105 Å². The molecule has 17 atom stereocenters. The van der Waals surface area contributed by atoms with Gasteiger partial charge in [-0.05, 0) is 69.8 Å². The van der Waals surface area contributed by atoms with Crippen LogP contribution in [0, 0.1) is 35.5 Å². The van der Waals surface area contributed by atoms with E-state index in [2.05, 4.69) is 60.6 Å². The topological polar surface area (TPSA) is 120 Å². The molecule has 318 valence electrons. The summed E-state index contributed by atoms with van der Waals surface area (Å²) in [4.78, 5) is 12.7. The van der Waals surface area contributed by atoms with Crippen LogP contribution in [0.5, 0.6) is 0 Å². The van der Waals surface area contributed by atoms with E-state index in [1.165, 1.54) is 7.11 Å². The quantitative estimate of drug-likeness (QED) is 0.192. The normalized spacial score (nSPS) is 44.5. The zero-order valence-corrected chi connectivity index (χ0v) is 36.0. The fraction of sp³-hybridized carbons (Fsp3) is 0.844. The maximum atomic E-state index is 12.7. The van der Waals surface area contributed by atoms with E-state index >= 15 is 0 Å². The molecule has 6 rings (SSSR count). The number of rotatable bonds is 14. The molecule has 56 heavy (non-hydrogen) atoms. The summed E-state index contributed by atoms with van der Waals surface area (Å²) in [7, 11) is 4.68. The second-order valence-corrected chi connectivity index (χ2v) is 18.4. The van der Waals surface area contributed by atoms with Crippen LogP contribution in [0.3, 0.4) is 0 Å². The molecule has 11 heteroatoms. The van der Waals surface area contributed by atoms with Crippen molar-refractivity contribution in [2.45, 2.75) is 179 Å². The molecule has 1 spiro atoms. The summed E-state index contributed by atoms with van der Waals surface area (Å²) in [6.07, 6.45) is 4.96. The summed E-state index contributed by atoms with van der Waals surface area (Å²) in [5.74, 6) is -2.25. The number of methoxy groups -OCH3 is 3. The minimum Gasteiger partial charge on any atom is -0.469 e. The zero-order valence-electron chi connectivity index (χ0n) is 36.0. The summed E-state index contributed by atoms with van der Waals surface area (Å²) in [6.45, 7) is 17.4. The minimum absolute atomic E-state index is 0.00668. The van der Waals surface area contributed by atoms with E-state index in [1.54, 1.807) is 14.2 Å². The summed E-state index contributed by atoms with van der Waals surface area (Å²) < 4.78 is 59.0. The first kappa shape index (κ1) is 43.9. The Kier molecular flexibility index (Phi) is 13.7. The molecule has 5 heterocycles. The van der Waals surface area contributed by atoms with Crippen molar-refractivity contribution in [1.29, 1.82) is 0 Å². The van der Waals surface area contributed by atoms with Crippen LogP contribution in [-0.2, 0) is 54.0 Å². The number of benzene rings is 1. The van der Waals surface area contributed by atoms with Gasteiger partial charge in [0.25, 0.3) is 0 Å². The highest BCUT2D eigenvalue weighted by molar-refractivity contribution is 5.72. The number of hydrogen-bond donors (Lipinski definition) is 1. The zero-order chi connectivity index (χ0) is 40.6. The first-order valence-corrected chi connectivity index (χ1v) is 21.4. The molecule has 0 bridgehead atoms. The van der Waals surface area contributed by atoms with Gasteiger partial charge in [-0.2, -0.15) is 0 Å². The summed E-state index contributed by atoms with van der Waals surface area (Å²) in [5, 5.41) is 10.3. The third kappa shape index (κ3) is 8.24. The van der Waals surface area contributed by atoms with Gasteiger partial charge in [-0.15, -0.1) is 0 Å². The van der Waals surface area contributed by atoms with Gasteiger partial charge in [0.1, 0.15) is 0 Å². The number of ether oxygens (including phenoxy) is 9. The highest BCUT2D eigenvalue weighted by Crippen LogP contribution is 2.55. The third-order valence-electron chi connectivity index (χ3n) is 14.8. The Morgan fingerprint density at radius 2 is 1.70 bits per heavy atom. The number of carbonyl (C=O) groups is 1. The Balaban J connectivity index is 1.19. The molecule has 11 nitrogen and oxygen atoms in total. The molecule has 0 saturated carbocycles. The van der Waals surface area contributed by atoms with E-state index in [4.69, 9.17) is 42.6 Å². The molecule has 5 aliphatic heterocycles. The fourth-order valence-corrected chi connectivity index (χ4v) is 11.4. The SMILES string of the molecule is CC[C@@]1([C@@H]2O[C@@H]([C@H]3O[C@](CO)(OC)[C@H](C)C[C@@H]3C)C[C@@H]2C)CC[C@H]([C@]2(C)CC[C@]3(C[C@H](OCc4ccccc4)[C@@H](C)[C@@H]([C@@H](C)[C@@H](OC)[C@H](C)C(=O)OC)O3)O2)O1. The van der Waals surface area contributed by atoms with E-state index in [0.29, 0.717) is 19.4 Å². The third-order valence-corrected chi connectivity index (χ3v) is 14.8. The van der Waals surface area contributed by atoms with E-state index in [9.17, 15) is 9.90 Å². The van der Waals surface area contributed by atoms with Crippen LogP contribution in [0.4, 0.5) is 0 Å². The lowest BCUT2D eigenvalue weighted by Crippen LogP contribution is -2.57. The molecule has 1 aromatic rings. The largest absolute Gasteiger partial charge is 0.469 e. The van der Waals surface area contributed by atoms with E-state index in [1.807, 2.05) is 25.1 Å². The number of hydrogen-bond acceptors (Lipinski definition) is 11. The van der Waals surface area contributed by atoms with Gasteiger partial charge < -0.3 is 47.7 Å². The van der Waals surface area contributed by atoms with Gasteiger partial charge in [0, 0.05) is 44.8 Å². The smallest absolute Gasteiger partial charge is 0.311 e. The molecule has 1 aromatic carbocycles. The number of carbonyl (C=O) groups excluding carboxylic acids is 1. The van der Waals surface area contributed by atoms with Gasteiger partial charge in [0.15, 0.2) is 11.6 Å². The van der Waals surface area contributed by atoms with Crippen molar-refractivity contribution in [2.75, 3.05) is 27.9 Å². The molecule has 0 radical (unpaired) electrons. The molecule has 0 unspecified atom stereocenters. The van der Waals surface area contributed by atoms with E-state index in [-0.39, 0.29) is 78.8 Å². The summed E-state index contributed by atoms with van der Waals surface area (Å²) >= 11 is 0. The first-order chi connectivity index (χ1) is 26.6. The van der Waals surface area contributed by atoms with Crippen LogP contribution < -0.4 is 0 Å². The molecule has 5 aliphatic rings. The maximum Gasteiger partial charge on any atom is 0.311 e. The van der Waals surface area contributed by atoms with Crippen molar-refractivity contribution in [1.82, 2.24) is 0 Å². The lowest BCUT2D eigenvalue weighted by molar-refractivity contribution is -0.340. The van der Waals surface area contributed by atoms with Crippen molar-refractivity contribution in [3.05, 3.63) is 35.9 Å². The molecule has 0 aliphatic carbocycles. The average Bonchev–Trinajstić information content (AvgIpc) is 3.92. The monoisotopic (exact) mass is 789 g/mol. The van der Waals surface area contributed by atoms with Crippen molar-refractivity contribution in [3.63, 3.8) is 0 Å². The van der Waals surface area contributed by atoms with Gasteiger partial charge >= 0.3 is 5.97 Å². The molecule has 1 N–H and O–H groups in total. The maximum absolute atomic E-state index is 12.7. The van der Waals surface area contributed by atoms with Crippen molar-refractivity contribution in [2.24, 2.45) is 35.5 Å². The van der Waals surface area contributed by atoms with Crippen molar-refractivity contribution < 1.29 is 52.5 Å². The average molecular weight is 789 g/mol. The number of aliphatic hydroxyl groups is 1. The first-order valence-electron chi connectivity index (χ1n) is 21.4. The molecule has 5 saturated heterocycles. The Hall–Kier alpha value is -1.67. The van der Waals surface area contributed by atoms with Gasteiger partial charge in [-0.1, -0.05) is 71.9 Å². The molecular weight excluding hydrogens is 716 g/mol. The lowest BCUT2D eigenvalue weighted by atomic mass is 9.78. The van der Waals surface area contributed by atoms with Gasteiger partial charge in [-0.25, -0.2) is 0 Å². The highest BCUT2D eigenvalue weighted by Gasteiger charge is 2.62.